The molecule has 0 saturated heterocycles. The molecule has 1 amide bonds. The molecule has 3 nitrogen and oxygen atoms in total. The summed E-state index contributed by atoms with van der Waals surface area (Å²) in [6, 6.07) is 26.0. The smallest absolute Gasteiger partial charge is 0.263 e. The van der Waals surface area contributed by atoms with Crippen molar-refractivity contribution in [1.29, 1.82) is 0 Å². The lowest BCUT2D eigenvalue weighted by atomic mass is 9.70. The summed E-state index contributed by atoms with van der Waals surface area (Å²) in [5, 5.41) is 6.89. The molecule has 0 radical (unpaired) electrons. The van der Waals surface area contributed by atoms with E-state index >= 15 is 0 Å². The minimum Gasteiger partial charge on any atom is -0.271 e. The molecule has 0 aromatic heterocycles. The summed E-state index contributed by atoms with van der Waals surface area (Å²) in [5.41, 5.74) is 9.11. The molecule has 1 heterocycles. The van der Waals surface area contributed by atoms with Crippen molar-refractivity contribution in [3.05, 3.63) is 106 Å². The van der Waals surface area contributed by atoms with E-state index in [-0.39, 0.29) is 11.9 Å². The number of hydrogen-bond acceptors (Lipinski definition) is 2. The van der Waals surface area contributed by atoms with Crippen LogP contribution in [0.15, 0.2) is 77.9 Å². The summed E-state index contributed by atoms with van der Waals surface area (Å²) < 4.78 is 0. The Balaban J connectivity index is 1.65. The zero-order valence-electron chi connectivity index (χ0n) is 20.8. The van der Waals surface area contributed by atoms with E-state index in [1.807, 2.05) is 5.01 Å². The summed E-state index contributed by atoms with van der Waals surface area (Å²) in [5.74, 6) is 0.118. The molecule has 1 atom stereocenters. The third-order valence-electron chi connectivity index (χ3n) is 8.16. The Morgan fingerprint density at radius 1 is 0.771 bits per heavy atom. The summed E-state index contributed by atoms with van der Waals surface area (Å²) in [4.78, 5) is 14.7. The molecule has 0 unspecified atom stereocenters. The monoisotopic (exact) mass is 460 g/mol. The number of hydrazone groups is 1. The first-order valence-electron chi connectivity index (χ1n) is 12.9. The number of amides is 1. The Bertz CT molecular complexity index is 1360. The van der Waals surface area contributed by atoms with Crippen LogP contribution in [0.2, 0.25) is 0 Å². The van der Waals surface area contributed by atoms with Gasteiger partial charge in [0.2, 0.25) is 0 Å². The molecule has 35 heavy (non-hydrogen) atoms. The minimum absolute atomic E-state index is 0.118. The number of nitrogens with zero attached hydrogens (tertiary/aromatic N) is 2. The average Bonchev–Trinajstić information content (AvgIpc) is 3.34. The second kappa shape index (κ2) is 8.34. The van der Waals surface area contributed by atoms with E-state index in [0.717, 1.165) is 52.0 Å². The molecule has 0 bridgehead atoms. The standard InChI is InChI=1S/C32H32N2O/c1-21-13-17-24(18-14-21)29-27-11-7-8-12-28(27)32(30(29)25-19-15-22(2)16-20-25)23(3)33-34(31(32)35)26-9-5-4-6-10-26/h7-8,11-20,26H,4-6,9-10H2,1-3H3/t32-/m0/s1. The fourth-order valence-electron chi connectivity index (χ4n) is 6.37. The van der Waals surface area contributed by atoms with Crippen molar-refractivity contribution >= 4 is 22.8 Å². The maximum Gasteiger partial charge on any atom is 0.263 e. The summed E-state index contributed by atoms with van der Waals surface area (Å²) >= 11 is 0. The number of benzene rings is 3. The van der Waals surface area contributed by atoms with E-state index in [1.54, 1.807) is 0 Å². The van der Waals surface area contributed by atoms with Crippen molar-refractivity contribution in [2.75, 3.05) is 0 Å². The molecule has 6 rings (SSSR count). The van der Waals surface area contributed by atoms with Crippen LogP contribution in [0, 0.1) is 13.8 Å². The number of rotatable bonds is 3. The number of aryl methyl sites for hydroxylation is 2. The van der Waals surface area contributed by atoms with Crippen LogP contribution in [0.3, 0.4) is 0 Å². The SMILES string of the molecule is CC1=NN(C2CCCCC2)C(=O)[C@@]12C(c1ccc(C)cc1)=C(c1ccc(C)cc1)c1ccccc12. The summed E-state index contributed by atoms with van der Waals surface area (Å²) in [6.07, 6.45) is 5.66. The third-order valence-corrected chi connectivity index (χ3v) is 8.16. The molecule has 2 aliphatic carbocycles. The molecule has 1 spiro atoms. The highest BCUT2D eigenvalue weighted by Crippen LogP contribution is 2.57. The topological polar surface area (TPSA) is 32.7 Å². The van der Waals surface area contributed by atoms with Crippen LogP contribution in [0.4, 0.5) is 0 Å². The van der Waals surface area contributed by atoms with Crippen LogP contribution >= 0.6 is 0 Å². The Kier molecular flexibility index (Phi) is 5.25. The van der Waals surface area contributed by atoms with Crippen molar-refractivity contribution in [3.8, 4) is 0 Å². The number of hydrogen-bond donors (Lipinski definition) is 0. The molecular formula is C32H32N2O. The van der Waals surface area contributed by atoms with E-state index in [4.69, 9.17) is 5.10 Å². The van der Waals surface area contributed by atoms with Gasteiger partial charge in [0.25, 0.3) is 5.91 Å². The second-order valence-electron chi connectivity index (χ2n) is 10.4. The fraction of sp³-hybridized carbons (Fsp3) is 0.312. The molecule has 0 N–H and O–H groups in total. The Hall–Kier alpha value is -3.46. The molecule has 1 aliphatic heterocycles. The van der Waals surface area contributed by atoms with Gasteiger partial charge >= 0.3 is 0 Å². The predicted octanol–water partition coefficient (Wildman–Crippen LogP) is 7.06. The highest BCUT2D eigenvalue weighted by molar-refractivity contribution is 6.32. The van der Waals surface area contributed by atoms with E-state index in [1.165, 1.54) is 30.4 Å². The maximum atomic E-state index is 14.7. The molecule has 3 heteroatoms. The van der Waals surface area contributed by atoms with Crippen molar-refractivity contribution in [3.63, 3.8) is 0 Å². The maximum absolute atomic E-state index is 14.7. The fourth-order valence-corrected chi connectivity index (χ4v) is 6.37. The van der Waals surface area contributed by atoms with Crippen LogP contribution in [0.25, 0.3) is 11.1 Å². The zero-order valence-corrected chi connectivity index (χ0v) is 20.8. The van der Waals surface area contributed by atoms with Crippen LogP contribution < -0.4 is 0 Å². The molecule has 3 aromatic carbocycles. The molecule has 3 aliphatic rings. The zero-order chi connectivity index (χ0) is 24.2. The largest absolute Gasteiger partial charge is 0.271 e. The van der Waals surface area contributed by atoms with Gasteiger partial charge in [0.15, 0.2) is 0 Å². The van der Waals surface area contributed by atoms with Crippen LogP contribution in [-0.4, -0.2) is 22.7 Å². The lowest BCUT2D eigenvalue weighted by molar-refractivity contribution is -0.134. The van der Waals surface area contributed by atoms with Crippen molar-refractivity contribution in [2.24, 2.45) is 5.10 Å². The first kappa shape index (κ1) is 22.0. The van der Waals surface area contributed by atoms with Crippen molar-refractivity contribution < 1.29 is 4.79 Å². The third kappa shape index (κ3) is 3.25. The van der Waals surface area contributed by atoms with E-state index in [2.05, 4.69) is 93.6 Å². The van der Waals surface area contributed by atoms with Gasteiger partial charge in [0, 0.05) is 0 Å². The van der Waals surface area contributed by atoms with E-state index in [9.17, 15) is 4.79 Å². The molecule has 1 fully saturated rings. The number of carbonyl (C=O) groups is 1. The molecular weight excluding hydrogens is 428 g/mol. The normalized spacial score (nSPS) is 22.2. The molecule has 1 saturated carbocycles. The highest BCUT2D eigenvalue weighted by Gasteiger charge is 2.59. The van der Waals surface area contributed by atoms with Gasteiger partial charge in [-0.25, -0.2) is 5.01 Å². The number of fused-ring (bicyclic) bond motifs is 2. The molecule has 3 aromatic rings. The van der Waals surface area contributed by atoms with Gasteiger partial charge in [-0.05, 0) is 67.0 Å². The average molecular weight is 461 g/mol. The van der Waals surface area contributed by atoms with Crippen molar-refractivity contribution in [1.82, 2.24) is 5.01 Å². The second-order valence-corrected chi connectivity index (χ2v) is 10.4. The lowest BCUT2D eigenvalue weighted by Crippen LogP contribution is -2.46. The van der Waals surface area contributed by atoms with Crippen LogP contribution in [0.5, 0.6) is 0 Å². The quantitative estimate of drug-likeness (QED) is 0.412. The van der Waals surface area contributed by atoms with E-state index < -0.39 is 5.41 Å². The van der Waals surface area contributed by atoms with Crippen molar-refractivity contribution in [2.45, 2.75) is 64.3 Å². The minimum atomic E-state index is -0.885. The lowest BCUT2D eigenvalue weighted by Gasteiger charge is -2.33. The highest BCUT2D eigenvalue weighted by atomic mass is 16.2. The van der Waals surface area contributed by atoms with Gasteiger partial charge in [-0.3, -0.25) is 4.79 Å². The number of carbonyl (C=O) groups excluding carboxylic acids is 1. The van der Waals surface area contributed by atoms with Gasteiger partial charge < -0.3 is 0 Å². The Morgan fingerprint density at radius 3 is 2.03 bits per heavy atom. The predicted molar refractivity (Wildman–Crippen MR) is 143 cm³/mol. The van der Waals surface area contributed by atoms with Gasteiger partial charge in [-0.1, -0.05) is 103 Å². The summed E-state index contributed by atoms with van der Waals surface area (Å²) in [6.45, 7) is 6.28. The first-order valence-corrected chi connectivity index (χ1v) is 12.9. The van der Waals surface area contributed by atoms with Gasteiger partial charge in [-0.15, -0.1) is 0 Å². The summed E-state index contributed by atoms with van der Waals surface area (Å²) in [7, 11) is 0. The first-order chi connectivity index (χ1) is 17.0. The Morgan fingerprint density at radius 2 is 1.37 bits per heavy atom. The van der Waals surface area contributed by atoms with Gasteiger partial charge in [0.1, 0.15) is 5.41 Å². The van der Waals surface area contributed by atoms with Gasteiger partial charge in [0.05, 0.1) is 11.8 Å². The van der Waals surface area contributed by atoms with E-state index in [0.29, 0.717) is 0 Å². The van der Waals surface area contributed by atoms with Crippen LogP contribution in [-0.2, 0) is 10.2 Å². The van der Waals surface area contributed by atoms with Gasteiger partial charge in [-0.2, -0.15) is 5.10 Å². The van der Waals surface area contributed by atoms with Crippen LogP contribution in [0.1, 0.15) is 72.4 Å². The molecule has 176 valence electrons. The Labute approximate surface area is 208 Å².